The standard InChI is InChI=1S/C18H14N4O7/c1-29-18(28)10-6-7-22(21-10)9-4-2-8(3-5-9)11-12(16(24)25)14(19)20-15(23)13(11)17(26)27/h2-7H,1H3,(H,24,25)(H,26,27)(H3,19,20,23). The molecule has 0 bridgehead atoms. The molecule has 11 nitrogen and oxygen atoms in total. The monoisotopic (exact) mass is 398 g/mol. The average Bonchev–Trinajstić information content (AvgIpc) is 3.16. The predicted octanol–water partition coefficient (Wildman–Crippen LogP) is 0.993. The Morgan fingerprint density at radius 1 is 1.07 bits per heavy atom. The number of rotatable bonds is 5. The molecule has 0 fully saturated rings. The molecule has 0 aliphatic carbocycles. The molecular formula is C18H14N4O7. The first kappa shape index (κ1) is 19.4. The van der Waals surface area contributed by atoms with Crippen molar-refractivity contribution in [3.05, 3.63) is 63.7 Å². The van der Waals surface area contributed by atoms with Crippen molar-refractivity contribution in [1.82, 2.24) is 14.8 Å². The quantitative estimate of drug-likeness (QED) is 0.456. The summed E-state index contributed by atoms with van der Waals surface area (Å²) in [6, 6.07) is 7.31. The third-order valence-corrected chi connectivity index (χ3v) is 4.08. The first-order valence-electron chi connectivity index (χ1n) is 8.01. The van der Waals surface area contributed by atoms with Gasteiger partial charge in [0.15, 0.2) is 5.69 Å². The van der Waals surface area contributed by atoms with Crippen LogP contribution in [0.4, 0.5) is 5.82 Å². The number of nitrogens with one attached hydrogen (secondary N) is 1. The lowest BCUT2D eigenvalue weighted by atomic mass is 9.95. The molecule has 3 rings (SSSR count). The van der Waals surface area contributed by atoms with Crippen LogP contribution in [0, 0.1) is 0 Å². The maximum Gasteiger partial charge on any atom is 0.358 e. The van der Waals surface area contributed by atoms with Crippen molar-refractivity contribution in [3.63, 3.8) is 0 Å². The van der Waals surface area contributed by atoms with Gasteiger partial charge < -0.3 is 25.7 Å². The van der Waals surface area contributed by atoms with E-state index < -0.39 is 40.4 Å². The largest absolute Gasteiger partial charge is 0.478 e. The van der Waals surface area contributed by atoms with Gasteiger partial charge in [0.1, 0.15) is 16.9 Å². The summed E-state index contributed by atoms with van der Waals surface area (Å²) in [6.07, 6.45) is 1.51. The molecule has 29 heavy (non-hydrogen) atoms. The summed E-state index contributed by atoms with van der Waals surface area (Å²) in [4.78, 5) is 48.8. The molecule has 2 heterocycles. The third kappa shape index (κ3) is 3.43. The molecule has 1 aromatic carbocycles. The molecular weight excluding hydrogens is 384 g/mol. The minimum Gasteiger partial charge on any atom is -0.478 e. The van der Waals surface area contributed by atoms with Crippen molar-refractivity contribution in [1.29, 1.82) is 0 Å². The first-order chi connectivity index (χ1) is 13.7. The van der Waals surface area contributed by atoms with E-state index in [9.17, 15) is 29.4 Å². The van der Waals surface area contributed by atoms with Crippen LogP contribution < -0.4 is 11.3 Å². The smallest absolute Gasteiger partial charge is 0.358 e. The van der Waals surface area contributed by atoms with Gasteiger partial charge in [0.25, 0.3) is 5.56 Å². The number of aromatic nitrogens is 3. The van der Waals surface area contributed by atoms with Gasteiger partial charge in [-0.2, -0.15) is 5.10 Å². The van der Waals surface area contributed by atoms with Crippen LogP contribution in [-0.4, -0.2) is 50.0 Å². The molecule has 11 heteroatoms. The van der Waals surface area contributed by atoms with Crippen LogP contribution in [0.25, 0.3) is 16.8 Å². The molecule has 0 aliphatic rings. The highest BCUT2D eigenvalue weighted by atomic mass is 16.5. The van der Waals surface area contributed by atoms with Gasteiger partial charge in [0, 0.05) is 11.8 Å². The Labute approximate surface area is 162 Å². The van der Waals surface area contributed by atoms with Crippen molar-refractivity contribution in [2.24, 2.45) is 0 Å². The molecule has 0 unspecified atom stereocenters. The van der Waals surface area contributed by atoms with Crippen LogP contribution >= 0.6 is 0 Å². The Kier molecular flexibility index (Phi) is 4.88. The van der Waals surface area contributed by atoms with Gasteiger partial charge in [0.2, 0.25) is 0 Å². The summed E-state index contributed by atoms with van der Waals surface area (Å²) < 4.78 is 5.96. The maximum absolute atomic E-state index is 12.1. The molecule has 3 aromatic rings. The van der Waals surface area contributed by atoms with E-state index in [1.54, 1.807) is 0 Å². The van der Waals surface area contributed by atoms with E-state index in [0.717, 1.165) is 0 Å². The average molecular weight is 398 g/mol. The Balaban J connectivity index is 2.14. The lowest BCUT2D eigenvalue weighted by Crippen LogP contribution is -2.24. The van der Waals surface area contributed by atoms with Gasteiger partial charge in [-0.1, -0.05) is 12.1 Å². The number of benzene rings is 1. The maximum atomic E-state index is 12.1. The van der Waals surface area contributed by atoms with Crippen LogP contribution in [0.15, 0.2) is 41.3 Å². The van der Waals surface area contributed by atoms with Crippen LogP contribution in [0.1, 0.15) is 31.2 Å². The van der Waals surface area contributed by atoms with Crippen molar-refractivity contribution >= 4 is 23.7 Å². The Morgan fingerprint density at radius 2 is 1.69 bits per heavy atom. The van der Waals surface area contributed by atoms with Gasteiger partial charge in [-0.05, 0) is 23.8 Å². The number of aromatic amines is 1. The number of pyridine rings is 1. The third-order valence-electron chi connectivity index (χ3n) is 4.08. The lowest BCUT2D eigenvalue weighted by molar-refractivity contribution is 0.0591. The van der Waals surface area contributed by atoms with Crippen molar-refractivity contribution < 1.29 is 29.3 Å². The van der Waals surface area contributed by atoms with Gasteiger partial charge in [-0.3, -0.25) is 4.79 Å². The highest BCUT2D eigenvalue weighted by Gasteiger charge is 2.26. The van der Waals surface area contributed by atoms with E-state index in [2.05, 4.69) is 9.84 Å². The van der Waals surface area contributed by atoms with Crippen LogP contribution in [0.3, 0.4) is 0 Å². The molecule has 5 N–H and O–H groups in total. The fourth-order valence-electron chi connectivity index (χ4n) is 2.80. The van der Waals surface area contributed by atoms with Crippen LogP contribution in [0.5, 0.6) is 0 Å². The van der Waals surface area contributed by atoms with Gasteiger partial charge in [-0.15, -0.1) is 0 Å². The number of hydrogen-bond acceptors (Lipinski definition) is 7. The normalized spacial score (nSPS) is 10.5. The Bertz CT molecular complexity index is 1190. The summed E-state index contributed by atoms with van der Waals surface area (Å²) in [5, 5.41) is 22.9. The molecule has 0 saturated carbocycles. The zero-order valence-corrected chi connectivity index (χ0v) is 14.9. The number of anilines is 1. The van der Waals surface area contributed by atoms with E-state index in [0.29, 0.717) is 5.69 Å². The van der Waals surface area contributed by atoms with E-state index >= 15 is 0 Å². The SMILES string of the molecule is COC(=O)c1ccn(-c2ccc(-c3c(C(=O)O)c(N)[nH]c(=O)c3C(=O)O)cc2)n1. The fourth-order valence-corrected chi connectivity index (χ4v) is 2.80. The van der Waals surface area contributed by atoms with Crippen molar-refractivity contribution in [3.8, 4) is 16.8 Å². The number of H-pyrrole nitrogens is 1. The minimum atomic E-state index is -1.59. The second-order valence-electron chi connectivity index (χ2n) is 5.79. The number of carboxylic acid groups (broad SMARTS) is 2. The highest BCUT2D eigenvalue weighted by Crippen LogP contribution is 2.29. The summed E-state index contributed by atoms with van der Waals surface area (Å²) in [7, 11) is 1.23. The number of ether oxygens (including phenoxy) is 1. The van der Waals surface area contributed by atoms with Crippen molar-refractivity contribution in [2.75, 3.05) is 12.8 Å². The number of carbonyl (C=O) groups is 3. The van der Waals surface area contributed by atoms with Gasteiger partial charge in [0.05, 0.1) is 12.8 Å². The minimum absolute atomic E-state index is 0.0836. The summed E-state index contributed by atoms with van der Waals surface area (Å²) >= 11 is 0. The molecule has 2 aromatic heterocycles. The molecule has 0 amide bonds. The number of methoxy groups -OCH3 is 1. The number of nitrogens with two attached hydrogens (primary N) is 1. The Morgan fingerprint density at radius 3 is 2.24 bits per heavy atom. The predicted molar refractivity (Wildman–Crippen MR) is 99.3 cm³/mol. The fraction of sp³-hybridized carbons (Fsp3) is 0.0556. The van der Waals surface area contributed by atoms with Crippen LogP contribution in [-0.2, 0) is 4.74 Å². The first-order valence-corrected chi connectivity index (χ1v) is 8.01. The lowest BCUT2D eigenvalue weighted by Gasteiger charge is -2.12. The topological polar surface area (TPSA) is 178 Å². The number of aromatic carboxylic acids is 2. The van der Waals surface area contributed by atoms with E-state index in [-0.39, 0.29) is 16.8 Å². The number of nitrogens with zero attached hydrogens (tertiary/aromatic N) is 2. The number of carbonyl (C=O) groups excluding carboxylic acids is 1. The van der Waals surface area contributed by atoms with E-state index in [4.69, 9.17) is 5.73 Å². The summed E-state index contributed by atoms with van der Waals surface area (Å²) in [6.45, 7) is 0. The number of hydrogen-bond donors (Lipinski definition) is 4. The van der Waals surface area contributed by atoms with Gasteiger partial charge in [-0.25, -0.2) is 19.1 Å². The molecule has 148 valence electrons. The molecule has 0 saturated heterocycles. The zero-order chi connectivity index (χ0) is 21.3. The van der Waals surface area contributed by atoms with Crippen molar-refractivity contribution in [2.45, 2.75) is 0 Å². The number of carboxylic acids is 2. The number of esters is 1. The van der Waals surface area contributed by atoms with E-state index in [1.165, 1.54) is 48.3 Å². The molecule has 0 atom stereocenters. The Hall–Kier alpha value is -4.41. The van der Waals surface area contributed by atoms with Gasteiger partial charge >= 0.3 is 17.9 Å². The number of nitrogen functional groups attached to an aromatic ring is 1. The van der Waals surface area contributed by atoms with E-state index in [1.807, 2.05) is 4.98 Å². The van der Waals surface area contributed by atoms with Crippen LogP contribution in [0.2, 0.25) is 0 Å². The summed E-state index contributed by atoms with van der Waals surface area (Å²) in [5.41, 5.74) is 3.74. The highest BCUT2D eigenvalue weighted by molar-refractivity contribution is 6.07. The molecule has 0 radical (unpaired) electrons. The second kappa shape index (κ2) is 7.31. The zero-order valence-electron chi connectivity index (χ0n) is 14.9. The molecule has 0 aliphatic heterocycles. The molecule has 0 spiro atoms. The summed E-state index contributed by atoms with van der Waals surface area (Å²) in [5.74, 6) is -4.16. The second-order valence-corrected chi connectivity index (χ2v) is 5.79.